The van der Waals surface area contributed by atoms with Crippen LogP contribution in [0, 0.1) is 5.92 Å². The first-order valence-electron chi connectivity index (χ1n) is 8.66. The highest BCUT2D eigenvalue weighted by atomic mass is 35.5. The van der Waals surface area contributed by atoms with Crippen LogP contribution >= 0.6 is 35.0 Å². The number of hydrogen-bond acceptors (Lipinski definition) is 3. The minimum atomic E-state index is 0.708. The number of hydrogen-bond donors (Lipinski definition) is 0. The van der Waals surface area contributed by atoms with Gasteiger partial charge in [0.1, 0.15) is 5.82 Å². The molecule has 0 aliphatic heterocycles. The summed E-state index contributed by atoms with van der Waals surface area (Å²) in [6.45, 7) is 3.05. The average Bonchev–Trinajstić information content (AvgIpc) is 2.97. The molecular formula is C18H23Cl2N3S. The van der Waals surface area contributed by atoms with Crippen LogP contribution in [0.2, 0.25) is 10.0 Å². The molecule has 1 aromatic carbocycles. The highest BCUT2D eigenvalue weighted by Crippen LogP contribution is 2.32. The third-order valence-corrected chi connectivity index (χ3v) is 6.41. The molecule has 1 fully saturated rings. The van der Waals surface area contributed by atoms with Crippen molar-refractivity contribution >= 4 is 35.0 Å². The molecule has 0 radical (unpaired) electrons. The Bertz CT molecular complexity index is 661. The summed E-state index contributed by atoms with van der Waals surface area (Å²) >= 11 is 14.2. The molecule has 0 amide bonds. The largest absolute Gasteiger partial charge is 0.306 e. The van der Waals surface area contributed by atoms with E-state index < -0.39 is 0 Å². The van der Waals surface area contributed by atoms with Gasteiger partial charge >= 0.3 is 0 Å². The molecule has 0 saturated heterocycles. The van der Waals surface area contributed by atoms with E-state index >= 15 is 0 Å². The van der Waals surface area contributed by atoms with Gasteiger partial charge in [0.05, 0.1) is 0 Å². The second-order valence-corrected chi connectivity index (χ2v) is 8.10. The van der Waals surface area contributed by atoms with E-state index in [1.54, 1.807) is 11.8 Å². The molecule has 1 saturated carbocycles. The fraction of sp³-hybridized carbons (Fsp3) is 0.556. The van der Waals surface area contributed by atoms with Crippen molar-refractivity contribution in [3.05, 3.63) is 39.6 Å². The summed E-state index contributed by atoms with van der Waals surface area (Å²) in [7, 11) is 0. The van der Waals surface area contributed by atoms with Crippen LogP contribution in [0.4, 0.5) is 0 Å². The van der Waals surface area contributed by atoms with E-state index in [0.717, 1.165) is 35.4 Å². The maximum absolute atomic E-state index is 6.26. The van der Waals surface area contributed by atoms with Gasteiger partial charge in [-0.25, -0.2) is 0 Å². The second kappa shape index (κ2) is 8.59. The van der Waals surface area contributed by atoms with Gasteiger partial charge in [0, 0.05) is 28.8 Å². The maximum atomic E-state index is 6.26. The Kier molecular flexibility index (Phi) is 6.48. The molecule has 1 aliphatic carbocycles. The molecule has 0 N–H and O–H groups in total. The van der Waals surface area contributed by atoms with Gasteiger partial charge in [-0.15, -0.1) is 10.2 Å². The van der Waals surface area contributed by atoms with Gasteiger partial charge in [0.2, 0.25) is 0 Å². The lowest BCUT2D eigenvalue weighted by Crippen LogP contribution is -2.13. The topological polar surface area (TPSA) is 30.7 Å². The van der Waals surface area contributed by atoms with E-state index in [1.165, 1.54) is 32.1 Å². The molecule has 3 rings (SSSR count). The van der Waals surface area contributed by atoms with Crippen molar-refractivity contribution < 1.29 is 0 Å². The lowest BCUT2D eigenvalue weighted by Gasteiger charge is -2.21. The molecule has 6 heteroatoms. The molecular weight excluding hydrogens is 361 g/mol. The molecule has 3 nitrogen and oxygen atoms in total. The zero-order chi connectivity index (χ0) is 16.9. The summed E-state index contributed by atoms with van der Waals surface area (Å²) in [6.07, 6.45) is 7.81. The van der Waals surface area contributed by atoms with Crippen LogP contribution in [0.25, 0.3) is 0 Å². The first kappa shape index (κ1) is 18.1. The zero-order valence-electron chi connectivity index (χ0n) is 14.0. The third-order valence-electron chi connectivity index (χ3n) is 4.71. The number of nitrogens with zero attached hydrogens (tertiary/aromatic N) is 3. The average molecular weight is 384 g/mol. The van der Waals surface area contributed by atoms with Crippen LogP contribution in [0.1, 0.15) is 50.4 Å². The van der Waals surface area contributed by atoms with Gasteiger partial charge < -0.3 is 4.57 Å². The smallest absolute Gasteiger partial charge is 0.191 e. The van der Waals surface area contributed by atoms with Crippen molar-refractivity contribution in [3.63, 3.8) is 0 Å². The maximum Gasteiger partial charge on any atom is 0.191 e. The molecule has 1 aliphatic rings. The van der Waals surface area contributed by atoms with Crippen LogP contribution in [0.15, 0.2) is 23.4 Å². The monoisotopic (exact) mass is 383 g/mol. The van der Waals surface area contributed by atoms with Crippen LogP contribution in [0.5, 0.6) is 0 Å². The van der Waals surface area contributed by atoms with Crippen molar-refractivity contribution in [1.82, 2.24) is 14.8 Å². The van der Waals surface area contributed by atoms with Crippen molar-refractivity contribution in [3.8, 4) is 0 Å². The molecule has 0 unspecified atom stereocenters. The molecule has 2 aromatic rings. The molecule has 130 valence electrons. The molecule has 0 bridgehead atoms. The number of benzene rings is 1. The van der Waals surface area contributed by atoms with E-state index in [9.17, 15) is 0 Å². The first-order valence-corrected chi connectivity index (χ1v) is 10.4. The molecule has 0 spiro atoms. The SMILES string of the molecule is CCn1c(CC2CCCCC2)nnc1SCc1c(Cl)cccc1Cl. The summed E-state index contributed by atoms with van der Waals surface area (Å²) in [4.78, 5) is 0. The van der Waals surface area contributed by atoms with E-state index in [4.69, 9.17) is 23.2 Å². The Morgan fingerprint density at radius 2 is 1.83 bits per heavy atom. The van der Waals surface area contributed by atoms with E-state index in [-0.39, 0.29) is 0 Å². The van der Waals surface area contributed by atoms with Crippen LogP contribution in [0.3, 0.4) is 0 Å². The normalized spacial score (nSPS) is 15.8. The van der Waals surface area contributed by atoms with Crippen LogP contribution < -0.4 is 0 Å². The number of rotatable bonds is 6. The zero-order valence-corrected chi connectivity index (χ0v) is 16.3. The highest BCUT2D eigenvalue weighted by molar-refractivity contribution is 7.98. The van der Waals surface area contributed by atoms with E-state index in [0.29, 0.717) is 15.8 Å². The fourth-order valence-corrected chi connectivity index (χ4v) is 5.11. The summed E-state index contributed by atoms with van der Waals surface area (Å²) in [6, 6.07) is 5.63. The molecule has 1 aromatic heterocycles. The Balaban J connectivity index is 1.69. The van der Waals surface area contributed by atoms with Crippen molar-refractivity contribution in [2.75, 3.05) is 0 Å². The summed E-state index contributed by atoms with van der Waals surface area (Å²) in [5.41, 5.74) is 0.963. The van der Waals surface area contributed by atoms with Gasteiger partial charge in [-0.2, -0.15) is 0 Å². The summed E-state index contributed by atoms with van der Waals surface area (Å²) in [5, 5.41) is 11.3. The van der Waals surface area contributed by atoms with Gasteiger partial charge in [-0.3, -0.25) is 0 Å². The van der Waals surface area contributed by atoms with Crippen LogP contribution in [-0.2, 0) is 18.7 Å². The van der Waals surface area contributed by atoms with Gasteiger partial charge in [0.15, 0.2) is 5.16 Å². The summed E-state index contributed by atoms with van der Waals surface area (Å²) in [5.74, 6) is 2.60. The Morgan fingerprint density at radius 1 is 1.12 bits per heavy atom. The fourth-order valence-electron chi connectivity index (χ4n) is 3.35. The van der Waals surface area contributed by atoms with Crippen molar-refractivity contribution in [2.24, 2.45) is 5.92 Å². The van der Waals surface area contributed by atoms with Gasteiger partial charge in [-0.05, 0) is 30.5 Å². The van der Waals surface area contributed by atoms with Crippen molar-refractivity contribution in [2.45, 2.75) is 62.9 Å². The van der Waals surface area contributed by atoms with Crippen molar-refractivity contribution in [1.29, 1.82) is 0 Å². The van der Waals surface area contributed by atoms with E-state index in [2.05, 4.69) is 21.7 Å². The number of thioether (sulfide) groups is 1. The van der Waals surface area contributed by atoms with Gasteiger partial charge in [-0.1, -0.05) is 73.1 Å². The van der Waals surface area contributed by atoms with Crippen LogP contribution in [-0.4, -0.2) is 14.8 Å². The quantitative estimate of drug-likeness (QED) is 0.571. The Labute approximate surface area is 158 Å². The number of aromatic nitrogens is 3. The second-order valence-electron chi connectivity index (χ2n) is 6.34. The van der Waals surface area contributed by atoms with Gasteiger partial charge in [0.25, 0.3) is 0 Å². The predicted molar refractivity (Wildman–Crippen MR) is 102 cm³/mol. The minimum absolute atomic E-state index is 0.708. The molecule has 24 heavy (non-hydrogen) atoms. The molecule has 1 heterocycles. The Hall–Kier alpha value is -0.710. The minimum Gasteiger partial charge on any atom is -0.306 e. The predicted octanol–water partition coefficient (Wildman–Crippen LogP) is 6.02. The third kappa shape index (κ3) is 4.27. The van der Waals surface area contributed by atoms with E-state index in [1.807, 2.05) is 18.2 Å². The number of halogens is 2. The Morgan fingerprint density at radius 3 is 2.50 bits per heavy atom. The standard InChI is InChI=1S/C18H23Cl2N3S/c1-2-23-17(11-13-7-4-3-5-8-13)21-22-18(23)24-12-14-15(19)9-6-10-16(14)20/h6,9-10,13H,2-5,7-8,11-12H2,1H3. The highest BCUT2D eigenvalue weighted by Gasteiger charge is 2.19. The molecule has 0 atom stereocenters. The lowest BCUT2D eigenvalue weighted by atomic mass is 9.87. The first-order chi connectivity index (χ1) is 11.7. The summed E-state index contributed by atoms with van der Waals surface area (Å²) < 4.78 is 2.24. The lowest BCUT2D eigenvalue weighted by molar-refractivity contribution is 0.347.